The van der Waals surface area contributed by atoms with Gasteiger partial charge in [-0.25, -0.2) is 8.42 Å². The van der Waals surface area contributed by atoms with E-state index in [2.05, 4.69) is 6.92 Å². The van der Waals surface area contributed by atoms with Gasteiger partial charge in [-0.2, -0.15) is 0 Å². The van der Waals surface area contributed by atoms with E-state index in [1.54, 1.807) is 30.3 Å². The summed E-state index contributed by atoms with van der Waals surface area (Å²) in [4.78, 5) is 14.7. The minimum Gasteiger partial charge on any atom is -0.493 e. The highest BCUT2D eigenvalue weighted by molar-refractivity contribution is 7.92. The molecule has 1 atom stereocenters. The van der Waals surface area contributed by atoms with Gasteiger partial charge in [-0.05, 0) is 55.2 Å². The predicted molar refractivity (Wildman–Crippen MR) is 116 cm³/mol. The second kappa shape index (κ2) is 8.95. The van der Waals surface area contributed by atoms with Crippen LogP contribution in [0.25, 0.3) is 0 Å². The number of piperidine rings is 1. The lowest BCUT2D eigenvalue weighted by atomic mass is 9.99. The third-order valence-electron chi connectivity index (χ3n) is 5.44. The first-order valence-electron chi connectivity index (χ1n) is 9.88. The third-order valence-corrected chi connectivity index (χ3v) is 7.22. The van der Waals surface area contributed by atoms with E-state index in [0.717, 1.165) is 25.9 Å². The van der Waals surface area contributed by atoms with Crippen molar-refractivity contribution in [3.63, 3.8) is 0 Å². The highest BCUT2D eigenvalue weighted by Gasteiger charge is 2.25. The summed E-state index contributed by atoms with van der Waals surface area (Å²) in [5.41, 5.74) is 1.03. The molecule has 1 saturated heterocycles. The largest absolute Gasteiger partial charge is 0.493 e. The quantitative estimate of drug-likeness (QED) is 0.699. The van der Waals surface area contributed by atoms with Gasteiger partial charge in [0.15, 0.2) is 11.5 Å². The van der Waals surface area contributed by atoms with Crippen molar-refractivity contribution in [2.45, 2.75) is 24.7 Å². The number of likely N-dealkylation sites (tertiary alicyclic amines) is 1. The molecule has 162 valence electrons. The first-order valence-corrected chi connectivity index (χ1v) is 11.3. The Balaban J connectivity index is 1.81. The molecule has 1 fully saturated rings. The van der Waals surface area contributed by atoms with Gasteiger partial charge in [-0.1, -0.05) is 6.92 Å². The molecule has 8 heteroatoms. The van der Waals surface area contributed by atoms with E-state index in [9.17, 15) is 13.2 Å². The standard InChI is InChI=1S/C22H28N2O5S/c1-16-6-5-13-24(15-16)22(25)17-7-9-18(10-8-17)23(2)30(26,27)19-11-12-20(28-3)21(14-19)29-4/h7-12,14,16H,5-6,13,15H2,1-4H3/t16-/m1/s1. The maximum Gasteiger partial charge on any atom is 0.264 e. The normalized spacial score (nSPS) is 16.8. The number of sulfonamides is 1. The van der Waals surface area contributed by atoms with Crippen LogP contribution in [0.1, 0.15) is 30.1 Å². The number of ether oxygens (including phenoxy) is 2. The molecule has 0 aromatic heterocycles. The smallest absolute Gasteiger partial charge is 0.264 e. The number of nitrogens with zero attached hydrogens (tertiary/aromatic N) is 2. The van der Waals surface area contributed by atoms with Crippen LogP contribution in [0, 0.1) is 5.92 Å². The van der Waals surface area contributed by atoms with Crippen molar-refractivity contribution in [2.75, 3.05) is 38.7 Å². The van der Waals surface area contributed by atoms with Crippen LogP contribution in [0.2, 0.25) is 0 Å². The van der Waals surface area contributed by atoms with E-state index in [0.29, 0.717) is 28.7 Å². The predicted octanol–water partition coefficient (Wildman–Crippen LogP) is 3.40. The maximum atomic E-state index is 13.1. The van der Waals surface area contributed by atoms with Crippen molar-refractivity contribution in [2.24, 2.45) is 5.92 Å². The molecular formula is C22H28N2O5S. The van der Waals surface area contributed by atoms with Crippen LogP contribution in [0.4, 0.5) is 5.69 Å². The van der Waals surface area contributed by atoms with Crippen LogP contribution in [0.5, 0.6) is 11.5 Å². The maximum absolute atomic E-state index is 13.1. The molecule has 30 heavy (non-hydrogen) atoms. The van der Waals surface area contributed by atoms with Crippen LogP contribution in [0.3, 0.4) is 0 Å². The fourth-order valence-electron chi connectivity index (χ4n) is 3.64. The Morgan fingerprint density at radius 3 is 2.33 bits per heavy atom. The number of hydrogen-bond donors (Lipinski definition) is 0. The van der Waals surface area contributed by atoms with Gasteiger partial charge in [0.1, 0.15) is 0 Å². The minimum absolute atomic E-state index is 0.0153. The number of carbonyl (C=O) groups excluding carboxylic acids is 1. The molecule has 7 nitrogen and oxygen atoms in total. The number of hydrogen-bond acceptors (Lipinski definition) is 5. The lowest BCUT2D eigenvalue weighted by molar-refractivity contribution is 0.0683. The molecule has 2 aromatic rings. The van der Waals surface area contributed by atoms with Gasteiger partial charge in [0.05, 0.1) is 24.8 Å². The molecule has 1 aliphatic rings. The monoisotopic (exact) mass is 432 g/mol. The van der Waals surface area contributed by atoms with Crippen molar-refractivity contribution >= 4 is 21.6 Å². The van der Waals surface area contributed by atoms with E-state index >= 15 is 0 Å². The van der Waals surface area contributed by atoms with Gasteiger partial charge >= 0.3 is 0 Å². The lowest BCUT2D eigenvalue weighted by Crippen LogP contribution is -2.39. The Kier molecular flexibility index (Phi) is 6.55. The molecule has 0 radical (unpaired) electrons. The number of methoxy groups -OCH3 is 2. The molecular weight excluding hydrogens is 404 g/mol. The molecule has 0 spiro atoms. The van der Waals surface area contributed by atoms with Gasteiger partial charge in [-0.3, -0.25) is 9.10 Å². The van der Waals surface area contributed by atoms with Gasteiger partial charge in [0, 0.05) is 31.8 Å². The molecule has 3 rings (SSSR count). The zero-order valence-electron chi connectivity index (χ0n) is 17.8. The molecule has 0 saturated carbocycles. The highest BCUT2D eigenvalue weighted by atomic mass is 32.2. The molecule has 1 amide bonds. The molecule has 1 aliphatic heterocycles. The zero-order chi connectivity index (χ0) is 21.9. The number of benzene rings is 2. The lowest BCUT2D eigenvalue weighted by Gasteiger charge is -2.31. The van der Waals surface area contributed by atoms with Crippen molar-refractivity contribution in [1.29, 1.82) is 0 Å². The Labute approximate surface area is 178 Å². The highest BCUT2D eigenvalue weighted by Crippen LogP contribution is 2.31. The fourth-order valence-corrected chi connectivity index (χ4v) is 4.86. The van der Waals surface area contributed by atoms with Crippen LogP contribution in [0.15, 0.2) is 47.4 Å². The average molecular weight is 433 g/mol. The van der Waals surface area contributed by atoms with E-state index < -0.39 is 10.0 Å². The summed E-state index contributed by atoms with van der Waals surface area (Å²) in [6.45, 7) is 3.67. The topological polar surface area (TPSA) is 76.2 Å². The summed E-state index contributed by atoms with van der Waals surface area (Å²) in [5, 5.41) is 0. The van der Waals surface area contributed by atoms with Gasteiger partial charge in [0.25, 0.3) is 15.9 Å². The first-order chi connectivity index (χ1) is 14.3. The van der Waals surface area contributed by atoms with E-state index in [1.807, 2.05) is 4.90 Å². The number of rotatable bonds is 6. The van der Waals surface area contributed by atoms with Crippen LogP contribution >= 0.6 is 0 Å². The summed E-state index contributed by atoms with van der Waals surface area (Å²) in [6, 6.07) is 11.1. The Morgan fingerprint density at radius 2 is 1.73 bits per heavy atom. The van der Waals surface area contributed by atoms with Gasteiger partial charge in [-0.15, -0.1) is 0 Å². The Bertz CT molecular complexity index is 1000. The first kappa shape index (κ1) is 22.0. The van der Waals surface area contributed by atoms with Crippen molar-refractivity contribution in [3.8, 4) is 11.5 Å². The molecule has 0 bridgehead atoms. The zero-order valence-corrected chi connectivity index (χ0v) is 18.6. The second-order valence-corrected chi connectivity index (χ2v) is 9.50. The van der Waals surface area contributed by atoms with Crippen LogP contribution < -0.4 is 13.8 Å². The van der Waals surface area contributed by atoms with Crippen molar-refractivity contribution in [1.82, 2.24) is 4.90 Å². The minimum atomic E-state index is -3.81. The summed E-state index contributed by atoms with van der Waals surface area (Å²) in [7, 11) is 0.620. The van der Waals surface area contributed by atoms with Gasteiger partial charge < -0.3 is 14.4 Å². The third kappa shape index (κ3) is 4.38. The molecule has 2 aromatic carbocycles. The average Bonchev–Trinajstić information content (AvgIpc) is 2.77. The number of carbonyl (C=O) groups is 1. The van der Waals surface area contributed by atoms with E-state index in [-0.39, 0.29) is 10.8 Å². The molecule has 0 N–H and O–H groups in total. The summed E-state index contributed by atoms with van der Waals surface area (Å²) >= 11 is 0. The Hall–Kier alpha value is -2.74. The molecule has 1 heterocycles. The number of amides is 1. The molecule has 0 unspecified atom stereocenters. The summed E-state index contributed by atoms with van der Waals surface area (Å²) in [5.74, 6) is 1.27. The second-order valence-electron chi connectivity index (χ2n) is 7.53. The van der Waals surface area contributed by atoms with Crippen molar-refractivity contribution in [3.05, 3.63) is 48.0 Å². The van der Waals surface area contributed by atoms with Gasteiger partial charge in [0.2, 0.25) is 0 Å². The Morgan fingerprint density at radius 1 is 1.07 bits per heavy atom. The molecule has 0 aliphatic carbocycles. The summed E-state index contributed by atoms with van der Waals surface area (Å²) < 4.78 is 37.7. The fraction of sp³-hybridized carbons (Fsp3) is 0.409. The SMILES string of the molecule is COc1ccc(S(=O)(=O)N(C)c2ccc(C(=O)N3CCC[C@@H](C)C3)cc2)cc1OC. The van der Waals surface area contributed by atoms with E-state index in [4.69, 9.17) is 9.47 Å². The van der Waals surface area contributed by atoms with Crippen LogP contribution in [-0.2, 0) is 10.0 Å². The van der Waals surface area contributed by atoms with Crippen molar-refractivity contribution < 1.29 is 22.7 Å². The van der Waals surface area contributed by atoms with E-state index in [1.165, 1.54) is 37.7 Å². The number of anilines is 1. The van der Waals surface area contributed by atoms with Crippen LogP contribution in [-0.4, -0.2) is 53.6 Å². The summed E-state index contributed by atoms with van der Waals surface area (Å²) in [6.07, 6.45) is 2.15.